The van der Waals surface area contributed by atoms with Gasteiger partial charge in [-0.05, 0) is 52.5 Å². The largest absolute Gasteiger partial charge is 0.349 e. The predicted molar refractivity (Wildman–Crippen MR) is 108 cm³/mol. The van der Waals surface area contributed by atoms with Crippen LogP contribution in [0.5, 0.6) is 0 Å². The van der Waals surface area contributed by atoms with Crippen molar-refractivity contribution in [3.63, 3.8) is 0 Å². The number of benzene rings is 1. The van der Waals surface area contributed by atoms with Crippen molar-refractivity contribution in [2.45, 2.75) is 12.8 Å². The van der Waals surface area contributed by atoms with E-state index < -0.39 is 5.82 Å². The highest BCUT2D eigenvalue weighted by molar-refractivity contribution is 9.10. The Labute approximate surface area is 171 Å². The first-order valence-corrected chi connectivity index (χ1v) is 9.82. The minimum atomic E-state index is -0.423. The Bertz CT molecular complexity index is 901. The van der Waals surface area contributed by atoms with Gasteiger partial charge in [0.25, 0.3) is 0 Å². The SMILES string of the molecule is CN(C)C(=O)C1CCN(C(=O)/C=C/c2ccc(-n3cc(Br)cn3)c(F)c2)CC1. The molecule has 1 aliphatic heterocycles. The number of aromatic nitrogens is 2. The topological polar surface area (TPSA) is 58.4 Å². The summed E-state index contributed by atoms with van der Waals surface area (Å²) in [6, 6.07) is 4.73. The summed E-state index contributed by atoms with van der Waals surface area (Å²) >= 11 is 3.29. The number of carbonyl (C=O) groups is 2. The molecule has 1 aromatic carbocycles. The first kappa shape index (κ1) is 20.3. The van der Waals surface area contributed by atoms with Gasteiger partial charge >= 0.3 is 0 Å². The molecule has 0 unspecified atom stereocenters. The molecule has 2 heterocycles. The summed E-state index contributed by atoms with van der Waals surface area (Å²) in [6.45, 7) is 1.10. The molecule has 0 N–H and O–H groups in total. The van der Waals surface area contributed by atoms with Crippen molar-refractivity contribution in [2.75, 3.05) is 27.2 Å². The molecule has 1 fully saturated rings. The van der Waals surface area contributed by atoms with Gasteiger partial charge in [0.2, 0.25) is 11.8 Å². The fraction of sp³-hybridized carbons (Fsp3) is 0.350. The van der Waals surface area contributed by atoms with Crippen LogP contribution < -0.4 is 0 Å². The average Bonchev–Trinajstić information content (AvgIpc) is 3.11. The van der Waals surface area contributed by atoms with Crippen molar-refractivity contribution in [2.24, 2.45) is 5.92 Å². The molecule has 0 spiro atoms. The van der Waals surface area contributed by atoms with E-state index in [1.54, 1.807) is 54.5 Å². The van der Waals surface area contributed by atoms with Crippen molar-refractivity contribution in [1.29, 1.82) is 0 Å². The van der Waals surface area contributed by atoms with Crippen LogP contribution in [0.15, 0.2) is 41.1 Å². The van der Waals surface area contributed by atoms with Crippen LogP contribution >= 0.6 is 15.9 Å². The second-order valence-corrected chi connectivity index (χ2v) is 7.90. The number of likely N-dealkylation sites (tertiary alicyclic amines) is 1. The summed E-state index contributed by atoms with van der Waals surface area (Å²) in [5.74, 6) is -0.459. The minimum Gasteiger partial charge on any atom is -0.349 e. The van der Waals surface area contributed by atoms with Gasteiger partial charge in [0, 0.05) is 45.4 Å². The monoisotopic (exact) mass is 448 g/mol. The van der Waals surface area contributed by atoms with E-state index >= 15 is 0 Å². The van der Waals surface area contributed by atoms with Gasteiger partial charge in [0.15, 0.2) is 0 Å². The van der Waals surface area contributed by atoms with Gasteiger partial charge in [-0.2, -0.15) is 5.10 Å². The first-order chi connectivity index (χ1) is 13.3. The Morgan fingerprint density at radius 3 is 2.57 bits per heavy atom. The minimum absolute atomic E-state index is 0.0213. The highest BCUT2D eigenvalue weighted by Crippen LogP contribution is 2.20. The number of hydrogen-bond acceptors (Lipinski definition) is 3. The molecule has 28 heavy (non-hydrogen) atoms. The van der Waals surface area contributed by atoms with Crippen molar-refractivity contribution in [3.8, 4) is 5.69 Å². The van der Waals surface area contributed by atoms with Crippen LogP contribution in [-0.4, -0.2) is 58.6 Å². The van der Waals surface area contributed by atoms with E-state index in [1.165, 1.54) is 16.8 Å². The lowest BCUT2D eigenvalue weighted by molar-refractivity contribution is -0.137. The van der Waals surface area contributed by atoms with E-state index in [1.807, 2.05) is 0 Å². The van der Waals surface area contributed by atoms with Gasteiger partial charge in [-0.15, -0.1) is 0 Å². The molecule has 0 aliphatic carbocycles. The van der Waals surface area contributed by atoms with Gasteiger partial charge < -0.3 is 9.80 Å². The van der Waals surface area contributed by atoms with Gasteiger partial charge in [-0.1, -0.05) is 6.07 Å². The quantitative estimate of drug-likeness (QED) is 0.675. The number of piperidine rings is 1. The highest BCUT2D eigenvalue weighted by Gasteiger charge is 2.27. The second-order valence-electron chi connectivity index (χ2n) is 6.98. The summed E-state index contributed by atoms with van der Waals surface area (Å²) in [5, 5.41) is 4.07. The Morgan fingerprint density at radius 1 is 1.29 bits per heavy atom. The molecule has 0 bridgehead atoms. The van der Waals surface area contributed by atoms with E-state index in [9.17, 15) is 14.0 Å². The summed E-state index contributed by atoms with van der Waals surface area (Å²) in [5.41, 5.74) is 0.931. The maximum atomic E-state index is 14.4. The molecular weight excluding hydrogens is 427 g/mol. The van der Waals surface area contributed by atoms with Crippen LogP contribution in [0.3, 0.4) is 0 Å². The molecule has 1 aromatic heterocycles. The first-order valence-electron chi connectivity index (χ1n) is 9.03. The lowest BCUT2D eigenvalue weighted by Crippen LogP contribution is -2.42. The highest BCUT2D eigenvalue weighted by atomic mass is 79.9. The van der Waals surface area contributed by atoms with E-state index in [0.717, 1.165) is 4.47 Å². The molecule has 3 rings (SSSR count). The second kappa shape index (κ2) is 8.68. The molecular formula is C20H22BrFN4O2. The summed E-state index contributed by atoms with van der Waals surface area (Å²) < 4.78 is 16.6. The molecule has 0 saturated carbocycles. The maximum Gasteiger partial charge on any atom is 0.246 e. The van der Waals surface area contributed by atoms with E-state index in [4.69, 9.17) is 0 Å². The van der Waals surface area contributed by atoms with Crippen molar-refractivity contribution < 1.29 is 14.0 Å². The summed E-state index contributed by atoms with van der Waals surface area (Å²) in [7, 11) is 3.50. The standard InChI is InChI=1S/C20H22BrFN4O2/c1-24(2)20(28)15-7-9-25(10-8-15)19(27)6-4-14-3-5-18(17(22)11-14)26-13-16(21)12-23-26/h3-6,11-13,15H,7-10H2,1-2H3/b6-4+. The zero-order valence-corrected chi connectivity index (χ0v) is 17.4. The van der Waals surface area contributed by atoms with E-state index in [-0.39, 0.29) is 17.7 Å². The van der Waals surface area contributed by atoms with Crippen LogP contribution in [0.25, 0.3) is 11.8 Å². The number of amides is 2. The van der Waals surface area contributed by atoms with Crippen molar-refractivity contribution >= 4 is 33.8 Å². The average molecular weight is 449 g/mol. The van der Waals surface area contributed by atoms with E-state index in [2.05, 4.69) is 21.0 Å². The molecule has 6 nitrogen and oxygen atoms in total. The zero-order chi connectivity index (χ0) is 20.3. The molecule has 2 amide bonds. The summed E-state index contributed by atoms with van der Waals surface area (Å²) in [6.07, 6.45) is 7.64. The lowest BCUT2D eigenvalue weighted by atomic mass is 9.95. The van der Waals surface area contributed by atoms with Crippen LogP contribution in [0.2, 0.25) is 0 Å². The normalized spacial score (nSPS) is 15.2. The Kier molecular flexibility index (Phi) is 6.28. The van der Waals surface area contributed by atoms with Crippen molar-refractivity contribution in [1.82, 2.24) is 19.6 Å². The molecule has 0 radical (unpaired) electrons. The van der Waals surface area contributed by atoms with Crippen LogP contribution in [-0.2, 0) is 9.59 Å². The Morgan fingerprint density at radius 2 is 2.00 bits per heavy atom. The Balaban J connectivity index is 1.60. The maximum absolute atomic E-state index is 14.4. The number of rotatable bonds is 4. The predicted octanol–water partition coefficient (Wildman–Crippen LogP) is 3.11. The molecule has 148 valence electrons. The molecule has 1 aliphatic rings. The fourth-order valence-electron chi connectivity index (χ4n) is 3.23. The number of hydrogen-bond donors (Lipinski definition) is 0. The van der Waals surface area contributed by atoms with Gasteiger partial charge in [-0.3, -0.25) is 9.59 Å². The fourth-order valence-corrected chi connectivity index (χ4v) is 3.52. The third-order valence-electron chi connectivity index (χ3n) is 4.78. The van der Waals surface area contributed by atoms with Crippen LogP contribution in [0, 0.1) is 11.7 Å². The number of nitrogens with zero attached hydrogens (tertiary/aromatic N) is 4. The smallest absolute Gasteiger partial charge is 0.246 e. The third-order valence-corrected chi connectivity index (χ3v) is 5.19. The molecule has 1 saturated heterocycles. The molecule has 0 atom stereocenters. The number of carbonyl (C=O) groups excluding carboxylic acids is 2. The third kappa shape index (κ3) is 4.67. The summed E-state index contributed by atoms with van der Waals surface area (Å²) in [4.78, 5) is 27.7. The molecule has 2 aromatic rings. The Hall–Kier alpha value is -2.48. The van der Waals surface area contributed by atoms with Gasteiger partial charge in [0.1, 0.15) is 11.5 Å². The molecule has 8 heteroatoms. The lowest BCUT2D eigenvalue weighted by Gasteiger charge is -2.31. The van der Waals surface area contributed by atoms with E-state index in [0.29, 0.717) is 37.2 Å². The van der Waals surface area contributed by atoms with Crippen LogP contribution in [0.1, 0.15) is 18.4 Å². The van der Waals surface area contributed by atoms with Gasteiger partial charge in [-0.25, -0.2) is 9.07 Å². The van der Waals surface area contributed by atoms with Crippen molar-refractivity contribution in [3.05, 3.63) is 52.5 Å². The van der Waals surface area contributed by atoms with Crippen LogP contribution in [0.4, 0.5) is 4.39 Å². The van der Waals surface area contributed by atoms with Gasteiger partial charge in [0.05, 0.1) is 10.7 Å². The zero-order valence-electron chi connectivity index (χ0n) is 15.8. The number of halogens is 2.